The monoisotopic (exact) mass is 766 g/mol. The molecule has 0 aliphatic carbocycles. The van der Waals surface area contributed by atoms with Gasteiger partial charge in [-0.05, 0) is 127 Å². The Bertz CT molecular complexity index is 3290. The van der Waals surface area contributed by atoms with Crippen LogP contribution < -0.4 is 4.90 Å². The summed E-state index contributed by atoms with van der Waals surface area (Å²) in [7, 11) is 0. The van der Waals surface area contributed by atoms with Gasteiger partial charge in [-0.2, -0.15) is 0 Å². The van der Waals surface area contributed by atoms with Crippen molar-refractivity contribution in [2.24, 2.45) is 0 Å². The highest BCUT2D eigenvalue weighted by atomic mass is 16.3. The van der Waals surface area contributed by atoms with E-state index in [-0.39, 0.29) is 0 Å². The summed E-state index contributed by atoms with van der Waals surface area (Å²) in [6.45, 7) is 0. The van der Waals surface area contributed by atoms with Gasteiger partial charge in [0.1, 0.15) is 5.52 Å². The lowest BCUT2D eigenvalue weighted by Crippen LogP contribution is -2.10. The molecule has 60 heavy (non-hydrogen) atoms. The van der Waals surface area contributed by atoms with Gasteiger partial charge in [0.2, 0.25) is 5.89 Å². The van der Waals surface area contributed by atoms with Crippen molar-refractivity contribution < 1.29 is 4.42 Å². The minimum atomic E-state index is 0.631. The van der Waals surface area contributed by atoms with Crippen molar-refractivity contribution in [2.45, 2.75) is 0 Å². The summed E-state index contributed by atoms with van der Waals surface area (Å²) in [5, 5.41) is 4.57. The molecule has 0 radical (unpaired) electrons. The Labute approximate surface area is 349 Å². The van der Waals surface area contributed by atoms with Gasteiger partial charge in [0.25, 0.3) is 0 Å². The topological polar surface area (TPSA) is 29.3 Å². The molecular formula is C57H38N2O. The predicted octanol–water partition coefficient (Wildman–Crippen LogP) is 15.9. The average Bonchev–Trinajstić information content (AvgIpc) is 3.78. The van der Waals surface area contributed by atoms with Gasteiger partial charge in [-0.15, -0.1) is 0 Å². The molecule has 10 aromatic carbocycles. The van der Waals surface area contributed by atoms with E-state index in [0.29, 0.717) is 5.89 Å². The molecule has 1 heterocycles. The highest BCUT2D eigenvalue weighted by molar-refractivity contribution is 6.06. The number of oxazole rings is 1. The van der Waals surface area contributed by atoms with E-state index in [1.165, 1.54) is 33.0 Å². The van der Waals surface area contributed by atoms with Gasteiger partial charge in [0.15, 0.2) is 5.58 Å². The van der Waals surface area contributed by atoms with Crippen LogP contribution >= 0.6 is 0 Å². The van der Waals surface area contributed by atoms with Gasteiger partial charge in [0.05, 0.1) is 0 Å². The third-order valence-electron chi connectivity index (χ3n) is 11.5. The minimum absolute atomic E-state index is 0.631. The second-order valence-electron chi connectivity index (χ2n) is 15.2. The normalized spacial score (nSPS) is 11.3. The van der Waals surface area contributed by atoms with Crippen LogP contribution in [0.1, 0.15) is 0 Å². The van der Waals surface area contributed by atoms with Gasteiger partial charge in [-0.3, -0.25) is 0 Å². The molecule has 0 saturated carbocycles. The van der Waals surface area contributed by atoms with Crippen LogP contribution in [0.5, 0.6) is 0 Å². The lowest BCUT2D eigenvalue weighted by molar-refractivity contribution is 0.620. The summed E-state index contributed by atoms with van der Waals surface area (Å²) < 4.78 is 6.23. The quantitative estimate of drug-likeness (QED) is 0.154. The van der Waals surface area contributed by atoms with Crippen LogP contribution in [0.3, 0.4) is 0 Å². The van der Waals surface area contributed by atoms with Crippen LogP contribution in [0.15, 0.2) is 235 Å². The zero-order chi connectivity index (χ0) is 39.8. The Morgan fingerprint density at radius 1 is 0.317 bits per heavy atom. The summed E-state index contributed by atoms with van der Waals surface area (Å²) in [6, 6.07) is 82.2. The first-order chi connectivity index (χ1) is 29.7. The van der Waals surface area contributed by atoms with Crippen molar-refractivity contribution in [2.75, 3.05) is 4.90 Å². The first-order valence-electron chi connectivity index (χ1n) is 20.4. The van der Waals surface area contributed by atoms with Gasteiger partial charge >= 0.3 is 0 Å². The molecule has 0 atom stereocenters. The fraction of sp³-hybridized carbons (Fsp3) is 0. The van der Waals surface area contributed by atoms with Gasteiger partial charge in [-0.1, -0.05) is 164 Å². The molecule has 3 nitrogen and oxygen atoms in total. The Morgan fingerprint density at radius 3 is 1.55 bits per heavy atom. The van der Waals surface area contributed by atoms with Crippen molar-refractivity contribution >= 4 is 49.7 Å². The number of benzene rings is 10. The van der Waals surface area contributed by atoms with Crippen LogP contribution in [0.25, 0.3) is 88.6 Å². The Kier molecular flexibility index (Phi) is 8.83. The minimum Gasteiger partial charge on any atom is -0.436 e. The number of aromatic nitrogens is 1. The molecule has 0 unspecified atom stereocenters. The fourth-order valence-corrected chi connectivity index (χ4v) is 8.44. The third kappa shape index (κ3) is 6.58. The Hall–Kier alpha value is -8.01. The summed E-state index contributed by atoms with van der Waals surface area (Å²) in [5.74, 6) is 0.631. The van der Waals surface area contributed by atoms with Crippen LogP contribution in [0.2, 0.25) is 0 Å². The fourth-order valence-electron chi connectivity index (χ4n) is 8.44. The van der Waals surface area contributed by atoms with Crippen molar-refractivity contribution in [1.82, 2.24) is 4.98 Å². The van der Waals surface area contributed by atoms with E-state index in [0.717, 1.165) is 66.8 Å². The van der Waals surface area contributed by atoms with Crippen molar-refractivity contribution in [3.05, 3.63) is 231 Å². The third-order valence-corrected chi connectivity index (χ3v) is 11.5. The number of nitrogens with zero attached hydrogens (tertiary/aromatic N) is 2. The lowest BCUT2D eigenvalue weighted by Gasteiger charge is -2.27. The lowest BCUT2D eigenvalue weighted by atomic mass is 9.92. The molecule has 0 amide bonds. The smallest absolute Gasteiger partial charge is 0.227 e. The Balaban J connectivity index is 1.05. The molecular weight excluding hydrogens is 729 g/mol. The Morgan fingerprint density at radius 2 is 0.833 bits per heavy atom. The maximum absolute atomic E-state index is 6.23. The molecule has 0 spiro atoms. The first-order valence-corrected chi connectivity index (χ1v) is 20.4. The molecule has 0 bridgehead atoms. The molecule has 1 aromatic heterocycles. The van der Waals surface area contributed by atoms with E-state index in [1.54, 1.807) is 0 Å². The highest BCUT2D eigenvalue weighted by Gasteiger charge is 2.19. The number of rotatable bonds is 8. The van der Waals surface area contributed by atoms with Crippen LogP contribution in [0.4, 0.5) is 17.1 Å². The molecule has 3 heteroatoms. The summed E-state index contributed by atoms with van der Waals surface area (Å²) >= 11 is 0. The first kappa shape index (κ1) is 35.2. The van der Waals surface area contributed by atoms with E-state index in [1.807, 2.05) is 36.4 Å². The van der Waals surface area contributed by atoms with Crippen LogP contribution in [-0.4, -0.2) is 4.98 Å². The zero-order valence-electron chi connectivity index (χ0n) is 32.7. The van der Waals surface area contributed by atoms with Gasteiger partial charge in [-0.25, -0.2) is 4.98 Å². The molecule has 0 aliphatic heterocycles. The standard InChI is InChI=1S/C57H38N2O/c1-5-13-39(14-6-1)41-23-28-49(29-24-41)59(50-30-25-42-21-22-45(35-48(42)37-50)40-15-7-2-8-16-40)51-31-33-52(54(38-51)43-17-9-3-10-18-43)46-26-32-53-47(36-46)27-34-55-56(53)58-57(60-55)44-19-11-4-12-20-44/h1-38H. The van der Waals surface area contributed by atoms with Crippen molar-refractivity contribution in [3.8, 4) is 56.0 Å². The maximum Gasteiger partial charge on any atom is 0.227 e. The van der Waals surface area contributed by atoms with Crippen LogP contribution in [0, 0.1) is 0 Å². The number of anilines is 3. The molecule has 0 aliphatic rings. The van der Waals surface area contributed by atoms with E-state index in [2.05, 4.69) is 199 Å². The van der Waals surface area contributed by atoms with E-state index in [4.69, 9.17) is 9.40 Å². The summed E-state index contributed by atoms with van der Waals surface area (Å²) in [6.07, 6.45) is 0. The summed E-state index contributed by atoms with van der Waals surface area (Å²) in [4.78, 5) is 7.34. The molecule has 0 fully saturated rings. The zero-order valence-corrected chi connectivity index (χ0v) is 32.7. The van der Waals surface area contributed by atoms with E-state index in [9.17, 15) is 0 Å². The maximum atomic E-state index is 6.23. The van der Waals surface area contributed by atoms with Gasteiger partial charge in [0, 0.05) is 28.0 Å². The van der Waals surface area contributed by atoms with E-state index < -0.39 is 0 Å². The second-order valence-corrected chi connectivity index (χ2v) is 15.2. The predicted molar refractivity (Wildman–Crippen MR) is 251 cm³/mol. The van der Waals surface area contributed by atoms with Crippen LogP contribution in [-0.2, 0) is 0 Å². The largest absolute Gasteiger partial charge is 0.436 e. The summed E-state index contributed by atoms with van der Waals surface area (Å²) in [5.41, 5.74) is 15.2. The number of hydrogen-bond acceptors (Lipinski definition) is 3. The number of fused-ring (bicyclic) bond motifs is 4. The van der Waals surface area contributed by atoms with E-state index >= 15 is 0 Å². The SMILES string of the molecule is c1ccc(-c2ccc(N(c3ccc(-c4ccc5c(ccc6oc(-c7ccccc7)nc65)c4)c(-c4ccccc4)c3)c3ccc4ccc(-c5ccccc5)cc4c3)cc2)cc1. The molecule has 11 rings (SSSR count). The average molecular weight is 767 g/mol. The van der Waals surface area contributed by atoms with Crippen molar-refractivity contribution in [1.29, 1.82) is 0 Å². The molecule has 282 valence electrons. The number of hydrogen-bond donors (Lipinski definition) is 0. The van der Waals surface area contributed by atoms with Gasteiger partial charge < -0.3 is 9.32 Å². The molecule has 0 N–H and O–H groups in total. The van der Waals surface area contributed by atoms with Crippen molar-refractivity contribution in [3.63, 3.8) is 0 Å². The molecule has 0 saturated heterocycles. The second kappa shape index (κ2) is 15.1. The highest BCUT2D eigenvalue weighted by Crippen LogP contribution is 2.43. The molecule has 11 aromatic rings.